The molecule has 0 fully saturated rings. The van der Waals surface area contributed by atoms with Gasteiger partial charge in [-0.3, -0.25) is 4.79 Å². The number of nitrogens with one attached hydrogen (secondary N) is 2. The van der Waals surface area contributed by atoms with E-state index >= 15 is 0 Å². The van der Waals surface area contributed by atoms with Gasteiger partial charge in [-0.15, -0.1) is 0 Å². The summed E-state index contributed by atoms with van der Waals surface area (Å²) in [6.07, 6.45) is 0. The minimum absolute atomic E-state index is 0.248. The first-order valence-electron chi connectivity index (χ1n) is 8.97. The standard InChI is InChI=1S/C22H17Cl2N3O3/c1-29-19-8-7-12(21-25-16-5-3-4-6-17(16)26-21)11-18(19)27-22(28)13-9-14(23)20(30-2)15(24)10-13/h3-11H,1-2H3,(H,25,26)(H,27,28). The van der Waals surface area contributed by atoms with Crippen LogP contribution in [0.15, 0.2) is 54.6 Å². The molecule has 4 rings (SSSR count). The summed E-state index contributed by atoms with van der Waals surface area (Å²) in [7, 11) is 2.99. The zero-order valence-electron chi connectivity index (χ0n) is 16.1. The first-order chi connectivity index (χ1) is 14.5. The number of hydrogen-bond acceptors (Lipinski definition) is 4. The monoisotopic (exact) mass is 441 g/mol. The van der Waals surface area contributed by atoms with Crippen LogP contribution in [0.25, 0.3) is 22.4 Å². The van der Waals surface area contributed by atoms with Gasteiger partial charge >= 0.3 is 0 Å². The number of H-pyrrole nitrogens is 1. The molecular weight excluding hydrogens is 425 g/mol. The fraction of sp³-hybridized carbons (Fsp3) is 0.0909. The third kappa shape index (κ3) is 3.79. The largest absolute Gasteiger partial charge is 0.495 e. The predicted octanol–water partition coefficient (Wildman–Crippen LogP) is 5.81. The number of carbonyl (C=O) groups is 1. The highest BCUT2D eigenvalue weighted by molar-refractivity contribution is 6.37. The van der Waals surface area contributed by atoms with E-state index in [-0.39, 0.29) is 16.0 Å². The number of amides is 1. The maximum Gasteiger partial charge on any atom is 0.255 e. The Morgan fingerprint density at radius 3 is 2.40 bits per heavy atom. The number of nitrogens with zero attached hydrogens (tertiary/aromatic N) is 1. The number of imidazole rings is 1. The third-order valence-electron chi connectivity index (χ3n) is 4.58. The highest BCUT2D eigenvalue weighted by atomic mass is 35.5. The number of rotatable bonds is 5. The lowest BCUT2D eigenvalue weighted by atomic mass is 10.1. The second-order valence-electron chi connectivity index (χ2n) is 6.44. The maximum atomic E-state index is 12.8. The molecule has 30 heavy (non-hydrogen) atoms. The average Bonchev–Trinajstić information content (AvgIpc) is 3.17. The van der Waals surface area contributed by atoms with Crippen LogP contribution in [0.5, 0.6) is 11.5 Å². The Balaban J connectivity index is 1.68. The van der Waals surface area contributed by atoms with Crippen LogP contribution in [0.1, 0.15) is 10.4 Å². The molecule has 0 aliphatic heterocycles. The van der Waals surface area contributed by atoms with Crippen molar-refractivity contribution in [3.8, 4) is 22.9 Å². The summed E-state index contributed by atoms with van der Waals surface area (Å²) < 4.78 is 10.5. The topological polar surface area (TPSA) is 76.2 Å². The molecule has 0 bridgehead atoms. The highest BCUT2D eigenvalue weighted by Gasteiger charge is 2.16. The van der Waals surface area contributed by atoms with Gasteiger partial charge < -0.3 is 19.8 Å². The van der Waals surface area contributed by atoms with E-state index in [1.165, 1.54) is 26.4 Å². The molecule has 0 saturated carbocycles. The van der Waals surface area contributed by atoms with E-state index in [1.807, 2.05) is 30.3 Å². The Hall–Kier alpha value is -3.22. The van der Waals surface area contributed by atoms with Gasteiger partial charge in [-0.2, -0.15) is 0 Å². The van der Waals surface area contributed by atoms with E-state index in [2.05, 4.69) is 15.3 Å². The molecule has 152 valence electrons. The summed E-state index contributed by atoms with van der Waals surface area (Å²) in [5, 5.41) is 3.35. The molecule has 6 nitrogen and oxygen atoms in total. The number of ether oxygens (including phenoxy) is 2. The van der Waals surface area contributed by atoms with Crippen LogP contribution in [0.2, 0.25) is 10.0 Å². The average molecular weight is 442 g/mol. The molecule has 4 aromatic rings. The molecule has 0 aliphatic carbocycles. The fourth-order valence-electron chi connectivity index (χ4n) is 3.12. The number of methoxy groups -OCH3 is 2. The van der Waals surface area contributed by atoms with Gasteiger partial charge in [-0.05, 0) is 42.5 Å². The number of halogens is 2. The molecule has 2 N–H and O–H groups in total. The van der Waals surface area contributed by atoms with Crippen LogP contribution < -0.4 is 14.8 Å². The number of aromatic nitrogens is 2. The first kappa shape index (κ1) is 20.1. The molecular formula is C22H17Cl2N3O3. The summed E-state index contributed by atoms with van der Waals surface area (Å²) in [5.74, 6) is 1.12. The summed E-state index contributed by atoms with van der Waals surface area (Å²) in [6, 6.07) is 16.2. The molecule has 0 aliphatic rings. The van der Waals surface area contributed by atoms with Gasteiger partial charge in [0.2, 0.25) is 0 Å². The Bertz CT molecular complexity index is 1200. The lowest BCUT2D eigenvalue weighted by Crippen LogP contribution is -2.13. The van der Waals surface area contributed by atoms with Crippen LogP contribution in [0.3, 0.4) is 0 Å². The van der Waals surface area contributed by atoms with Crippen molar-refractivity contribution in [1.29, 1.82) is 0 Å². The molecule has 0 spiro atoms. The zero-order valence-corrected chi connectivity index (χ0v) is 17.6. The molecule has 1 heterocycles. The lowest BCUT2D eigenvalue weighted by Gasteiger charge is -2.13. The van der Waals surface area contributed by atoms with E-state index in [0.717, 1.165) is 16.6 Å². The number of para-hydroxylation sites is 2. The summed E-state index contributed by atoms with van der Waals surface area (Å²) >= 11 is 12.3. The SMILES string of the molecule is COc1ccc(-c2nc3ccccc3[nH]2)cc1NC(=O)c1cc(Cl)c(OC)c(Cl)c1. The Labute approximate surface area is 182 Å². The molecule has 0 unspecified atom stereocenters. The fourth-order valence-corrected chi connectivity index (χ4v) is 3.76. The van der Waals surface area contributed by atoms with Crippen molar-refractivity contribution in [1.82, 2.24) is 9.97 Å². The molecule has 1 amide bonds. The van der Waals surface area contributed by atoms with Gasteiger partial charge in [0, 0.05) is 11.1 Å². The number of anilines is 1. The lowest BCUT2D eigenvalue weighted by molar-refractivity contribution is 0.102. The van der Waals surface area contributed by atoms with Gasteiger partial charge in [0.1, 0.15) is 11.6 Å². The summed E-state index contributed by atoms with van der Waals surface area (Å²) in [6.45, 7) is 0. The Morgan fingerprint density at radius 1 is 1.00 bits per heavy atom. The first-order valence-corrected chi connectivity index (χ1v) is 9.73. The van der Waals surface area contributed by atoms with E-state index in [9.17, 15) is 4.79 Å². The van der Waals surface area contributed by atoms with Crippen molar-refractivity contribution in [3.05, 3.63) is 70.2 Å². The predicted molar refractivity (Wildman–Crippen MR) is 119 cm³/mol. The van der Waals surface area contributed by atoms with Crippen molar-refractivity contribution in [2.24, 2.45) is 0 Å². The maximum absolute atomic E-state index is 12.8. The minimum Gasteiger partial charge on any atom is -0.495 e. The second kappa shape index (κ2) is 8.26. The van der Waals surface area contributed by atoms with Gasteiger partial charge in [0.05, 0.1) is 41.0 Å². The quantitative estimate of drug-likeness (QED) is 0.409. The van der Waals surface area contributed by atoms with Crippen molar-refractivity contribution in [2.75, 3.05) is 19.5 Å². The second-order valence-corrected chi connectivity index (χ2v) is 7.26. The molecule has 8 heteroatoms. The van der Waals surface area contributed by atoms with Crippen LogP contribution in [0.4, 0.5) is 5.69 Å². The van der Waals surface area contributed by atoms with Crippen LogP contribution in [-0.4, -0.2) is 30.1 Å². The van der Waals surface area contributed by atoms with Gasteiger partial charge in [-0.1, -0.05) is 35.3 Å². The van der Waals surface area contributed by atoms with Gasteiger partial charge in [0.25, 0.3) is 5.91 Å². The third-order valence-corrected chi connectivity index (χ3v) is 5.14. The number of carbonyl (C=O) groups excluding carboxylic acids is 1. The van der Waals surface area contributed by atoms with E-state index in [4.69, 9.17) is 32.7 Å². The van der Waals surface area contributed by atoms with Gasteiger partial charge in [0.15, 0.2) is 5.75 Å². The minimum atomic E-state index is -0.387. The number of aromatic amines is 1. The normalized spacial score (nSPS) is 10.8. The molecule has 0 atom stereocenters. The number of fused-ring (bicyclic) bond motifs is 1. The smallest absolute Gasteiger partial charge is 0.255 e. The summed E-state index contributed by atoms with van der Waals surface area (Å²) in [5.41, 5.74) is 3.37. The number of hydrogen-bond donors (Lipinski definition) is 2. The van der Waals surface area contributed by atoms with Crippen molar-refractivity contribution < 1.29 is 14.3 Å². The van der Waals surface area contributed by atoms with E-state index < -0.39 is 0 Å². The Kier molecular flexibility index (Phi) is 5.53. The van der Waals surface area contributed by atoms with Crippen LogP contribution in [-0.2, 0) is 0 Å². The van der Waals surface area contributed by atoms with Crippen LogP contribution >= 0.6 is 23.2 Å². The number of benzene rings is 3. The zero-order chi connectivity index (χ0) is 21.3. The Morgan fingerprint density at radius 2 is 1.73 bits per heavy atom. The van der Waals surface area contributed by atoms with Crippen LogP contribution in [0, 0.1) is 0 Å². The molecule has 1 aromatic heterocycles. The molecule has 0 radical (unpaired) electrons. The highest BCUT2D eigenvalue weighted by Crippen LogP contribution is 2.35. The van der Waals surface area contributed by atoms with Crippen molar-refractivity contribution in [3.63, 3.8) is 0 Å². The van der Waals surface area contributed by atoms with E-state index in [0.29, 0.717) is 28.6 Å². The molecule has 0 saturated heterocycles. The van der Waals surface area contributed by atoms with Crippen molar-refractivity contribution in [2.45, 2.75) is 0 Å². The van der Waals surface area contributed by atoms with Crippen molar-refractivity contribution >= 4 is 45.8 Å². The summed E-state index contributed by atoms with van der Waals surface area (Å²) in [4.78, 5) is 20.7. The molecule has 3 aromatic carbocycles. The van der Waals surface area contributed by atoms with E-state index in [1.54, 1.807) is 12.1 Å². The van der Waals surface area contributed by atoms with Gasteiger partial charge in [-0.25, -0.2) is 4.98 Å².